The minimum absolute atomic E-state index is 0.0735. The van der Waals surface area contributed by atoms with Gasteiger partial charge < -0.3 is 24.8 Å². The summed E-state index contributed by atoms with van der Waals surface area (Å²) in [6, 6.07) is 12.7. The SMILES string of the molecule is CCOC(=O)c1c(NC(=O)[C@@H](C)Sc2nnc(CNC(=O)c3cc(OC)cc(OC)c3)n2-c2cccc(C)c2)sc2c1CCC2. The Morgan fingerprint density at radius 1 is 1.07 bits per heavy atom. The molecular weight excluding hydrogens is 615 g/mol. The maximum absolute atomic E-state index is 13.4. The number of anilines is 1. The Morgan fingerprint density at radius 2 is 1.82 bits per heavy atom. The van der Waals surface area contributed by atoms with Gasteiger partial charge in [0.15, 0.2) is 11.0 Å². The van der Waals surface area contributed by atoms with Gasteiger partial charge in [0.2, 0.25) is 5.91 Å². The summed E-state index contributed by atoms with van der Waals surface area (Å²) in [5.41, 5.74) is 3.64. The summed E-state index contributed by atoms with van der Waals surface area (Å²) in [5.74, 6) is 0.452. The van der Waals surface area contributed by atoms with Gasteiger partial charge in [0, 0.05) is 22.2 Å². The Morgan fingerprint density at radius 3 is 2.51 bits per heavy atom. The van der Waals surface area contributed by atoms with E-state index in [0.29, 0.717) is 38.6 Å². The highest BCUT2D eigenvalue weighted by Crippen LogP contribution is 2.40. The molecule has 0 saturated carbocycles. The topological polar surface area (TPSA) is 134 Å². The molecule has 236 valence electrons. The summed E-state index contributed by atoms with van der Waals surface area (Å²) >= 11 is 2.68. The van der Waals surface area contributed by atoms with Gasteiger partial charge in [0.25, 0.3) is 5.91 Å². The molecular formula is C32H35N5O6S2. The van der Waals surface area contributed by atoms with Crippen molar-refractivity contribution in [2.75, 3.05) is 26.1 Å². The second-order valence-electron chi connectivity index (χ2n) is 10.4. The Labute approximate surface area is 269 Å². The number of nitrogens with zero attached hydrogens (tertiary/aromatic N) is 3. The lowest BCUT2D eigenvalue weighted by atomic mass is 10.1. The van der Waals surface area contributed by atoms with Gasteiger partial charge in [0.05, 0.1) is 38.2 Å². The smallest absolute Gasteiger partial charge is 0.341 e. The molecule has 2 amide bonds. The summed E-state index contributed by atoms with van der Waals surface area (Å²) in [6.45, 7) is 5.85. The van der Waals surface area contributed by atoms with Crippen LogP contribution < -0.4 is 20.1 Å². The molecule has 13 heteroatoms. The van der Waals surface area contributed by atoms with E-state index in [9.17, 15) is 14.4 Å². The Kier molecular flexibility index (Phi) is 10.1. The van der Waals surface area contributed by atoms with Crippen molar-refractivity contribution >= 4 is 45.9 Å². The van der Waals surface area contributed by atoms with Crippen LogP contribution in [0.1, 0.15) is 62.8 Å². The van der Waals surface area contributed by atoms with Crippen LogP contribution in [0.25, 0.3) is 5.69 Å². The molecule has 2 heterocycles. The number of ether oxygens (including phenoxy) is 3. The summed E-state index contributed by atoms with van der Waals surface area (Å²) in [4.78, 5) is 40.5. The van der Waals surface area contributed by atoms with Crippen molar-refractivity contribution in [3.05, 3.63) is 75.4 Å². The van der Waals surface area contributed by atoms with E-state index in [4.69, 9.17) is 14.2 Å². The number of aryl methyl sites for hydroxylation is 2. The normalized spacial score (nSPS) is 12.7. The van der Waals surface area contributed by atoms with E-state index in [-0.39, 0.29) is 25.0 Å². The summed E-state index contributed by atoms with van der Waals surface area (Å²) < 4.78 is 17.7. The molecule has 4 aromatic rings. The molecule has 0 aliphatic heterocycles. The summed E-state index contributed by atoms with van der Waals surface area (Å²) in [6.07, 6.45) is 2.67. The van der Waals surface area contributed by atoms with Crippen molar-refractivity contribution < 1.29 is 28.6 Å². The highest BCUT2D eigenvalue weighted by Gasteiger charge is 2.30. The van der Waals surface area contributed by atoms with Gasteiger partial charge in [-0.2, -0.15) is 0 Å². The molecule has 1 aliphatic rings. The zero-order chi connectivity index (χ0) is 32.1. The van der Waals surface area contributed by atoms with Crippen LogP contribution in [0.4, 0.5) is 5.00 Å². The lowest BCUT2D eigenvalue weighted by molar-refractivity contribution is -0.115. The van der Waals surface area contributed by atoms with E-state index in [2.05, 4.69) is 20.8 Å². The van der Waals surface area contributed by atoms with Crippen molar-refractivity contribution in [2.45, 2.75) is 57.0 Å². The molecule has 0 fully saturated rings. The quantitative estimate of drug-likeness (QED) is 0.154. The largest absolute Gasteiger partial charge is 0.497 e. The highest BCUT2D eigenvalue weighted by molar-refractivity contribution is 8.00. The number of benzene rings is 2. The average molecular weight is 650 g/mol. The molecule has 5 rings (SSSR count). The summed E-state index contributed by atoms with van der Waals surface area (Å²) in [5, 5.41) is 15.1. The third-order valence-corrected chi connectivity index (χ3v) is 9.52. The number of fused-ring (bicyclic) bond motifs is 1. The number of aromatic nitrogens is 3. The van der Waals surface area contributed by atoms with Crippen LogP contribution in [-0.4, -0.2) is 58.6 Å². The van der Waals surface area contributed by atoms with Crippen LogP contribution in [0.15, 0.2) is 47.6 Å². The van der Waals surface area contributed by atoms with Crippen LogP contribution in [0, 0.1) is 6.92 Å². The molecule has 0 radical (unpaired) electrons. The van der Waals surface area contributed by atoms with Crippen molar-refractivity contribution in [1.82, 2.24) is 20.1 Å². The molecule has 2 aromatic heterocycles. The van der Waals surface area contributed by atoms with E-state index >= 15 is 0 Å². The fourth-order valence-corrected chi connectivity index (χ4v) is 7.22. The number of hydrogen-bond donors (Lipinski definition) is 2. The fourth-order valence-electron chi connectivity index (χ4n) is 5.05. The number of carbonyl (C=O) groups is 3. The first kappa shape index (κ1) is 32.0. The lowest BCUT2D eigenvalue weighted by Gasteiger charge is -2.15. The van der Waals surface area contributed by atoms with Crippen LogP contribution in [0.5, 0.6) is 11.5 Å². The lowest BCUT2D eigenvalue weighted by Crippen LogP contribution is -2.25. The van der Waals surface area contributed by atoms with Crippen LogP contribution in [-0.2, 0) is 28.9 Å². The van der Waals surface area contributed by atoms with Gasteiger partial charge in [-0.25, -0.2) is 4.79 Å². The maximum atomic E-state index is 13.4. The van der Waals surface area contributed by atoms with Crippen molar-refractivity contribution in [3.8, 4) is 17.2 Å². The summed E-state index contributed by atoms with van der Waals surface area (Å²) in [7, 11) is 3.04. The number of carbonyl (C=O) groups excluding carboxylic acids is 3. The van der Waals surface area contributed by atoms with Gasteiger partial charge in [-0.1, -0.05) is 23.9 Å². The van der Waals surface area contributed by atoms with Gasteiger partial charge >= 0.3 is 5.97 Å². The number of amides is 2. The van der Waals surface area contributed by atoms with Gasteiger partial charge in [-0.3, -0.25) is 14.2 Å². The second-order valence-corrected chi connectivity index (χ2v) is 12.8. The number of thioether (sulfide) groups is 1. The standard InChI is InChI=1S/C32H35N5O6S2/c1-6-43-31(40)27-24-11-8-12-25(24)45-30(27)34-28(38)19(3)44-32-36-35-26(37(32)21-10-7-9-18(2)13-21)17-33-29(39)20-14-22(41-4)16-23(15-20)42-5/h7,9-10,13-16,19H,6,8,11-12,17H2,1-5H3,(H,33,39)(H,34,38)/t19-/m1/s1. The minimum Gasteiger partial charge on any atom is -0.497 e. The Bertz CT molecular complexity index is 1710. The maximum Gasteiger partial charge on any atom is 0.341 e. The Balaban J connectivity index is 1.36. The highest BCUT2D eigenvalue weighted by atomic mass is 32.2. The first-order valence-corrected chi connectivity index (χ1v) is 16.2. The number of rotatable bonds is 12. The van der Waals surface area contributed by atoms with E-state index in [0.717, 1.165) is 41.0 Å². The fraction of sp³-hybridized carbons (Fsp3) is 0.344. The van der Waals surface area contributed by atoms with Gasteiger partial charge in [-0.15, -0.1) is 21.5 Å². The average Bonchev–Trinajstić information content (AvgIpc) is 3.74. The molecule has 45 heavy (non-hydrogen) atoms. The van der Waals surface area contributed by atoms with E-state index in [1.165, 1.54) is 37.3 Å². The molecule has 0 spiro atoms. The number of esters is 1. The number of nitrogens with one attached hydrogen (secondary N) is 2. The number of thiophene rings is 1. The molecule has 0 unspecified atom stereocenters. The predicted molar refractivity (Wildman–Crippen MR) is 173 cm³/mol. The molecule has 11 nitrogen and oxygen atoms in total. The molecule has 2 aromatic carbocycles. The minimum atomic E-state index is -0.587. The van der Waals surface area contributed by atoms with Gasteiger partial charge in [0.1, 0.15) is 16.5 Å². The monoisotopic (exact) mass is 649 g/mol. The molecule has 2 N–H and O–H groups in total. The molecule has 0 saturated heterocycles. The van der Waals surface area contributed by atoms with Crippen molar-refractivity contribution in [1.29, 1.82) is 0 Å². The molecule has 1 aliphatic carbocycles. The number of methoxy groups -OCH3 is 2. The van der Waals surface area contributed by atoms with Crippen LogP contribution >= 0.6 is 23.1 Å². The number of hydrogen-bond acceptors (Lipinski definition) is 10. The molecule has 1 atom stereocenters. The van der Waals surface area contributed by atoms with E-state index in [1.54, 1.807) is 32.0 Å². The van der Waals surface area contributed by atoms with Gasteiger partial charge in [-0.05, 0) is 75.4 Å². The Hall–Kier alpha value is -4.36. The first-order valence-electron chi connectivity index (χ1n) is 14.5. The zero-order valence-electron chi connectivity index (χ0n) is 25.8. The van der Waals surface area contributed by atoms with E-state index in [1.807, 2.05) is 35.8 Å². The van der Waals surface area contributed by atoms with Crippen molar-refractivity contribution in [2.24, 2.45) is 0 Å². The zero-order valence-corrected chi connectivity index (χ0v) is 27.4. The predicted octanol–water partition coefficient (Wildman–Crippen LogP) is 5.37. The van der Waals surface area contributed by atoms with E-state index < -0.39 is 11.2 Å². The van der Waals surface area contributed by atoms with Crippen LogP contribution in [0.2, 0.25) is 0 Å². The second kappa shape index (κ2) is 14.2. The third kappa shape index (κ3) is 7.15. The van der Waals surface area contributed by atoms with Crippen molar-refractivity contribution in [3.63, 3.8) is 0 Å². The van der Waals surface area contributed by atoms with Crippen LogP contribution in [0.3, 0.4) is 0 Å². The third-order valence-electron chi connectivity index (χ3n) is 7.27. The first-order chi connectivity index (χ1) is 21.7. The molecule has 0 bridgehead atoms.